The van der Waals surface area contributed by atoms with Gasteiger partial charge in [-0.2, -0.15) is 4.98 Å². The normalized spacial score (nSPS) is 11.9. The topological polar surface area (TPSA) is 84.0 Å². The molecule has 1 aromatic heterocycles. The number of hydrogen-bond donors (Lipinski definition) is 2. The highest BCUT2D eigenvalue weighted by Gasteiger charge is 2.23. The van der Waals surface area contributed by atoms with E-state index in [1.54, 1.807) is 26.8 Å². The molecule has 1 heterocycles. The molecule has 0 saturated heterocycles. The SMILES string of the molecule is CC(C)(C)C(=O)Nc1ccnc(NC(=O)C(C)(C)C)n1. The summed E-state index contributed by atoms with van der Waals surface area (Å²) >= 11 is 0. The van der Waals surface area contributed by atoms with Gasteiger partial charge in [-0.25, -0.2) is 4.98 Å². The minimum Gasteiger partial charge on any atom is -0.310 e. The van der Waals surface area contributed by atoms with Gasteiger partial charge in [0.1, 0.15) is 5.82 Å². The molecule has 0 aromatic carbocycles. The third-order valence-electron chi connectivity index (χ3n) is 2.48. The Kier molecular flexibility index (Phi) is 4.47. The summed E-state index contributed by atoms with van der Waals surface area (Å²) in [7, 11) is 0. The summed E-state index contributed by atoms with van der Waals surface area (Å²) in [5, 5.41) is 5.31. The first-order valence-corrected chi connectivity index (χ1v) is 6.46. The number of carbonyl (C=O) groups excluding carboxylic acids is 2. The number of carbonyl (C=O) groups is 2. The number of rotatable bonds is 2. The standard InChI is InChI=1S/C14H22N4O2/c1-13(2,3)10(19)16-9-7-8-15-12(17-9)18-11(20)14(4,5)6/h7-8H,1-6H3,(H2,15,16,17,18,19,20). The minimum absolute atomic E-state index is 0.149. The smallest absolute Gasteiger partial charge is 0.232 e. The lowest BCUT2D eigenvalue weighted by molar-refractivity contribution is -0.123. The number of aromatic nitrogens is 2. The van der Waals surface area contributed by atoms with E-state index in [1.807, 2.05) is 20.8 Å². The van der Waals surface area contributed by atoms with Crippen molar-refractivity contribution in [2.45, 2.75) is 41.5 Å². The molecule has 1 aromatic rings. The van der Waals surface area contributed by atoms with E-state index in [9.17, 15) is 9.59 Å². The molecule has 0 bridgehead atoms. The van der Waals surface area contributed by atoms with Gasteiger partial charge in [-0.05, 0) is 6.07 Å². The molecule has 6 heteroatoms. The molecule has 20 heavy (non-hydrogen) atoms. The highest BCUT2D eigenvalue weighted by molar-refractivity contribution is 5.95. The quantitative estimate of drug-likeness (QED) is 0.870. The van der Waals surface area contributed by atoms with Crippen LogP contribution in [-0.4, -0.2) is 21.8 Å². The van der Waals surface area contributed by atoms with Crippen molar-refractivity contribution in [1.29, 1.82) is 0 Å². The molecule has 0 unspecified atom stereocenters. The van der Waals surface area contributed by atoms with Crippen LogP contribution >= 0.6 is 0 Å². The van der Waals surface area contributed by atoms with Crippen molar-refractivity contribution in [2.75, 3.05) is 10.6 Å². The summed E-state index contributed by atoms with van der Waals surface area (Å²) in [6.07, 6.45) is 1.49. The molecule has 0 fully saturated rings. The predicted molar refractivity (Wildman–Crippen MR) is 78.2 cm³/mol. The first kappa shape index (κ1) is 16.1. The van der Waals surface area contributed by atoms with Crippen LogP contribution in [0.2, 0.25) is 0 Å². The van der Waals surface area contributed by atoms with Crippen LogP contribution in [0.5, 0.6) is 0 Å². The Bertz CT molecular complexity index is 469. The number of nitrogens with zero attached hydrogens (tertiary/aromatic N) is 2. The molecule has 0 aliphatic heterocycles. The van der Waals surface area contributed by atoms with Crippen LogP contribution in [0, 0.1) is 10.8 Å². The van der Waals surface area contributed by atoms with Gasteiger partial charge in [0.15, 0.2) is 0 Å². The lowest BCUT2D eigenvalue weighted by atomic mass is 9.96. The molecule has 2 N–H and O–H groups in total. The zero-order chi connectivity index (χ0) is 15.6. The maximum absolute atomic E-state index is 11.9. The first-order valence-electron chi connectivity index (χ1n) is 6.46. The molecule has 6 nitrogen and oxygen atoms in total. The number of hydrogen-bond acceptors (Lipinski definition) is 4. The fraction of sp³-hybridized carbons (Fsp3) is 0.571. The summed E-state index contributed by atoms with van der Waals surface area (Å²) in [4.78, 5) is 31.8. The van der Waals surface area contributed by atoms with Gasteiger partial charge in [0.2, 0.25) is 17.8 Å². The summed E-state index contributed by atoms with van der Waals surface area (Å²) in [5.74, 6) is 0.210. The fourth-order valence-corrected chi connectivity index (χ4v) is 1.08. The van der Waals surface area contributed by atoms with Crippen molar-refractivity contribution in [3.8, 4) is 0 Å². The number of amides is 2. The van der Waals surface area contributed by atoms with Crippen LogP contribution in [0.3, 0.4) is 0 Å². The zero-order valence-electron chi connectivity index (χ0n) is 12.9. The fourth-order valence-electron chi connectivity index (χ4n) is 1.08. The van der Waals surface area contributed by atoms with Crippen molar-refractivity contribution in [1.82, 2.24) is 9.97 Å². The minimum atomic E-state index is -0.534. The van der Waals surface area contributed by atoms with Crippen molar-refractivity contribution in [3.63, 3.8) is 0 Å². The van der Waals surface area contributed by atoms with Gasteiger partial charge in [-0.3, -0.25) is 14.9 Å². The Morgan fingerprint density at radius 2 is 1.45 bits per heavy atom. The van der Waals surface area contributed by atoms with Gasteiger partial charge in [-0.1, -0.05) is 41.5 Å². The molecule has 110 valence electrons. The van der Waals surface area contributed by atoms with E-state index in [4.69, 9.17) is 0 Å². The summed E-state index contributed by atoms with van der Waals surface area (Å²) < 4.78 is 0. The van der Waals surface area contributed by atoms with E-state index in [0.717, 1.165) is 0 Å². The summed E-state index contributed by atoms with van der Waals surface area (Å²) in [5.41, 5.74) is -1.05. The third-order valence-corrected chi connectivity index (χ3v) is 2.48. The molecule has 0 saturated carbocycles. The largest absolute Gasteiger partial charge is 0.310 e. The lowest BCUT2D eigenvalue weighted by Gasteiger charge is -2.18. The van der Waals surface area contributed by atoms with E-state index >= 15 is 0 Å². The first-order chi connectivity index (χ1) is 9.00. The Morgan fingerprint density at radius 1 is 0.950 bits per heavy atom. The highest BCUT2D eigenvalue weighted by Crippen LogP contribution is 2.18. The van der Waals surface area contributed by atoms with E-state index < -0.39 is 10.8 Å². The van der Waals surface area contributed by atoms with Gasteiger partial charge in [0, 0.05) is 17.0 Å². The lowest BCUT2D eigenvalue weighted by Crippen LogP contribution is -2.29. The Labute approximate surface area is 119 Å². The second-order valence-corrected chi connectivity index (χ2v) is 6.67. The molecule has 1 rings (SSSR count). The molecular formula is C14H22N4O2. The third kappa shape index (κ3) is 4.60. The number of nitrogens with one attached hydrogen (secondary N) is 2. The molecule has 0 spiro atoms. The Balaban J connectivity index is 2.82. The average molecular weight is 278 g/mol. The second kappa shape index (κ2) is 5.56. The maximum Gasteiger partial charge on any atom is 0.232 e. The summed E-state index contributed by atoms with van der Waals surface area (Å²) in [6, 6.07) is 1.58. The monoisotopic (exact) mass is 278 g/mol. The maximum atomic E-state index is 11.9. The molecule has 0 radical (unpaired) electrons. The van der Waals surface area contributed by atoms with Crippen molar-refractivity contribution < 1.29 is 9.59 Å². The van der Waals surface area contributed by atoms with E-state index in [0.29, 0.717) is 5.82 Å². The summed E-state index contributed by atoms with van der Waals surface area (Å²) in [6.45, 7) is 10.8. The Hall–Kier alpha value is -1.98. The van der Waals surface area contributed by atoms with Gasteiger partial charge in [0.25, 0.3) is 0 Å². The molecule has 0 aliphatic rings. The van der Waals surface area contributed by atoms with E-state index in [-0.39, 0.29) is 17.8 Å². The zero-order valence-corrected chi connectivity index (χ0v) is 12.9. The van der Waals surface area contributed by atoms with Crippen LogP contribution in [0.1, 0.15) is 41.5 Å². The highest BCUT2D eigenvalue weighted by atomic mass is 16.2. The van der Waals surface area contributed by atoms with Gasteiger partial charge < -0.3 is 5.32 Å². The number of anilines is 2. The van der Waals surface area contributed by atoms with Crippen LogP contribution < -0.4 is 10.6 Å². The van der Waals surface area contributed by atoms with Crippen LogP contribution in [0.25, 0.3) is 0 Å². The van der Waals surface area contributed by atoms with Crippen LogP contribution in [0.15, 0.2) is 12.3 Å². The predicted octanol–water partition coefficient (Wildman–Crippen LogP) is 2.45. The van der Waals surface area contributed by atoms with Gasteiger partial charge >= 0.3 is 0 Å². The van der Waals surface area contributed by atoms with Crippen molar-refractivity contribution in [3.05, 3.63) is 12.3 Å². The van der Waals surface area contributed by atoms with Gasteiger partial charge in [0.05, 0.1) is 0 Å². The van der Waals surface area contributed by atoms with Crippen LogP contribution in [0.4, 0.5) is 11.8 Å². The second-order valence-electron chi connectivity index (χ2n) is 6.67. The van der Waals surface area contributed by atoms with Crippen molar-refractivity contribution >= 4 is 23.6 Å². The van der Waals surface area contributed by atoms with Gasteiger partial charge in [-0.15, -0.1) is 0 Å². The Morgan fingerprint density at radius 3 is 1.95 bits per heavy atom. The average Bonchev–Trinajstić information content (AvgIpc) is 2.26. The van der Waals surface area contributed by atoms with Crippen molar-refractivity contribution in [2.24, 2.45) is 10.8 Å². The molecule has 2 amide bonds. The molecular weight excluding hydrogens is 256 g/mol. The van der Waals surface area contributed by atoms with E-state index in [1.165, 1.54) is 6.20 Å². The van der Waals surface area contributed by atoms with Crippen LogP contribution in [-0.2, 0) is 9.59 Å². The molecule has 0 atom stereocenters. The van der Waals surface area contributed by atoms with E-state index in [2.05, 4.69) is 20.6 Å². The molecule has 0 aliphatic carbocycles.